The van der Waals surface area contributed by atoms with E-state index in [1.54, 1.807) is 6.92 Å². The molecule has 1 aliphatic rings. The number of carbonyl (C=O) groups is 1. The van der Waals surface area contributed by atoms with Crippen molar-refractivity contribution in [2.24, 2.45) is 11.7 Å². The van der Waals surface area contributed by atoms with Crippen LogP contribution in [0, 0.1) is 5.92 Å². The van der Waals surface area contributed by atoms with Crippen LogP contribution in [0.3, 0.4) is 0 Å². The van der Waals surface area contributed by atoms with Gasteiger partial charge in [0.1, 0.15) is 6.04 Å². The van der Waals surface area contributed by atoms with Gasteiger partial charge in [0.2, 0.25) is 0 Å². The molecule has 0 aromatic carbocycles. The Bertz CT molecular complexity index is 195. The maximum atomic E-state index is 11.2. The lowest BCUT2D eigenvalue weighted by Gasteiger charge is -2.09. The normalized spacial score (nSPS) is 17.5. The van der Waals surface area contributed by atoms with Crippen LogP contribution < -0.4 is 5.73 Å². The van der Waals surface area contributed by atoms with E-state index in [2.05, 4.69) is 0 Å². The molecule has 0 spiro atoms. The van der Waals surface area contributed by atoms with Gasteiger partial charge in [-0.2, -0.15) is 11.8 Å². The van der Waals surface area contributed by atoms with Gasteiger partial charge in [0.15, 0.2) is 0 Å². The summed E-state index contributed by atoms with van der Waals surface area (Å²) in [5.74, 6) is 2.91. The van der Waals surface area contributed by atoms with E-state index >= 15 is 0 Å². The highest BCUT2D eigenvalue weighted by molar-refractivity contribution is 7.99. The van der Waals surface area contributed by atoms with Crippen LogP contribution in [0.5, 0.6) is 0 Å². The lowest BCUT2D eigenvalue weighted by atomic mass is 10.2. The van der Waals surface area contributed by atoms with E-state index < -0.39 is 6.04 Å². The molecule has 0 heterocycles. The Balaban J connectivity index is 1.90. The van der Waals surface area contributed by atoms with Crippen molar-refractivity contribution in [2.75, 3.05) is 18.1 Å². The third kappa shape index (κ3) is 6.05. The molecule has 3 nitrogen and oxygen atoms in total. The van der Waals surface area contributed by atoms with E-state index in [1.165, 1.54) is 25.0 Å². The van der Waals surface area contributed by atoms with Crippen molar-refractivity contribution in [1.29, 1.82) is 0 Å². The molecule has 1 fully saturated rings. The van der Waals surface area contributed by atoms with Crippen LogP contribution in [0.15, 0.2) is 0 Å². The standard InChI is InChI=1S/C11H21NO2S/c1-2-14-11(13)10(12)6-8-15-7-5-9-3-4-9/h9-10H,2-8,12H2,1H3. The van der Waals surface area contributed by atoms with E-state index in [0.29, 0.717) is 6.61 Å². The fourth-order valence-corrected chi connectivity index (χ4v) is 2.46. The van der Waals surface area contributed by atoms with Crippen molar-refractivity contribution in [1.82, 2.24) is 0 Å². The molecular weight excluding hydrogens is 210 g/mol. The van der Waals surface area contributed by atoms with Crippen molar-refractivity contribution in [3.8, 4) is 0 Å². The molecule has 0 aliphatic heterocycles. The molecule has 0 bridgehead atoms. The zero-order valence-electron chi connectivity index (χ0n) is 9.41. The Labute approximate surface area is 96.1 Å². The van der Waals surface area contributed by atoms with E-state index in [0.717, 1.165) is 18.1 Å². The largest absolute Gasteiger partial charge is 0.465 e. The number of thioether (sulfide) groups is 1. The topological polar surface area (TPSA) is 52.3 Å². The quantitative estimate of drug-likeness (QED) is 0.511. The molecule has 1 unspecified atom stereocenters. The van der Waals surface area contributed by atoms with Gasteiger partial charge in [-0.15, -0.1) is 0 Å². The zero-order valence-corrected chi connectivity index (χ0v) is 10.2. The monoisotopic (exact) mass is 231 g/mol. The summed E-state index contributed by atoms with van der Waals surface area (Å²) in [6.45, 7) is 2.22. The van der Waals surface area contributed by atoms with E-state index in [-0.39, 0.29) is 5.97 Å². The van der Waals surface area contributed by atoms with Crippen molar-refractivity contribution >= 4 is 17.7 Å². The lowest BCUT2D eigenvalue weighted by Crippen LogP contribution is -2.32. The highest BCUT2D eigenvalue weighted by atomic mass is 32.2. The van der Waals surface area contributed by atoms with Crippen LogP contribution in [0.1, 0.15) is 32.6 Å². The van der Waals surface area contributed by atoms with Gasteiger partial charge >= 0.3 is 5.97 Å². The Kier molecular flexibility index (Phi) is 6.10. The van der Waals surface area contributed by atoms with Gasteiger partial charge in [-0.25, -0.2) is 0 Å². The van der Waals surface area contributed by atoms with Crippen molar-refractivity contribution < 1.29 is 9.53 Å². The average molecular weight is 231 g/mol. The van der Waals surface area contributed by atoms with Gasteiger partial charge < -0.3 is 10.5 Å². The molecule has 0 aromatic heterocycles. The summed E-state index contributed by atoms with van der Waals surface area (Å²) in [6, 6.07) is -0.432. The highest BCUT2D eigenvalue weighted by Gasteiger charge is 2.20. The molecule has 1 saturated carbocycles. The summed E-state index contributed by atoms with van der Waals surface area (Å²) in [5.41, 5.74) is 5.67. The third-order valence-corrected chi connectivity index (χ3v) is 3.58. The van der Waals surface area contributed by atoms with Crippen LogP contribution in [0.2, 0.25) is 0 Å². The fraction of sp³-hybridized carbons (Fsp3) is 0.909. The number of hydrogen-bond acceptors (Lipinski definition) is 4. The molecule has 1 aliphatic carbocycles. The molecule has 2 N–H and O–H groups in total. The second-order valence-corrected chi connectivity index (χ2v) is 5.22. The van der Waals surface area contributed by atoms with E-state index in [1.807, 2.05) is 11.8 Å². The van der Waals surface area contributed by atoms with Crippen molar-refractivity contribution in [3.05, 3.63) is 0 Å². The maximum absolute atomic E-state index is 11.2. The molecule has 88 valence electrons. The summed E-state index contributed by atoms with van der Waals surface area (Å²) < 4.78 is 4.84. The number of hydrogen-bond donors (Lipinski definition) is 1. The first-order valence-corrected chi connectivity index (χ1v) is 6.89. The smallest absolute Gasteiger partial charge is 0.322 e. The van der Waals surface area contributed by atoms with Gasteiger partial charge in [0.05, 0.1) is 6.61 Å². The van der Waals surface area contributed by atoms with E-state index in [9.17, 15) is 4.79 Å². The van der Waals surface area contributed by atoms with Gasteiger partial charge in [-0.05, 0) is 37.2 Å². The first-order chi connectivity index (χ1) is 7.24. The Hall–Kier alpha value is -0.220. The summed E-state index contributed by atoms with van der Waals surface area (Å²) in [7, 11) is 0. The Morgan fingerprint density at radius 1 is 1.53 bits per heavy atom. The summed E-state index contributed by atoms with van der Waals surface area (Å²) in [4.78, 5) is 11.2. The van der Waals surface area contributed by atoms with Gasteiger partial charge in [-0.1, -0.05) is 12.8 Å². The second kappa shape index (κ2) is 7.12. The minimum atomic E-state index is -0.432. The summed E-state index contributed by atoms with van der Waals surface area (Å²) in [5, 5.41) is 0. The summed E-state index contributed by atoms with van der Waals surface area (Å²) in [6.07, 6.45) is 4.90. The second-order valence-electron chi connectivity index (χ2n) is 3.99. The number of carbonyl (C=O) groups excluding carboxylic acids is 1. The lowest BCUT2D eigenvalue weighted by molar-refractivity contribution is -0.144. The molecule has 0 aromatic rings. The third-order valence-electron chi connectivity index (χ3n) is 2.53. The molecule has 4 heteroatoms. The minimum absolute atomic E-state index is 0.264. The molecule has 0 amide bonds. The molecule has 1 rings (SSSR count). The number of nitrogens with two attached hydrogens (primary N) is 1. The number of esters is 1. The first kappa shape index (κ1) is 12.8. The van der Waals surface area contributed by atoms with E-state index in [4.69, 9.17) is 10.5 Å². The molecule has 0 saturated heterocycles. The van der Waals surface area contributed by atoms with Crippen molar-refractivity contribution in [3.63, 3.8) is 0 Å². The van der Waals surface area contributed by atoms with Crippen LogP contribution >= 0.6 is 11.8 Å². The van der Waals surface area contributed by atoms with Crippen LogP contribution in [0.4, 0.5) is 0 Å². The van der Waals surface area contributed by atoms with Crippen molar-refractivity contribution in [2.45, 2.75) is 38.6 Å². The maximum Gasteiger partial charge on any atom is 0.322 e. The Morgan fingerprint density at radius 3 is 2.87 bits per heavy atom. The summed E-state index contributed by atoms with van der Waals surface area (Å²) >= 11 is 1.90. The predicted octanol–water partition coefficient (Wildman–Crippen LogP) is 1.80. The number of rotatable bonds is 8. The Morgan fingerprint density at radius 2 is 2.27 bits per heavy atom. The zero-order chi connectivity index (χ0) is 11.1. The van der Waals surface area contributed by atoms with Crippen LogP contribution in [-0.2, 0) is 9.53 Å². The molecule has 15 heavy (non-hydrogen) atoms. The van der Waals surface area contributed by atoms with Gasteiger partial charge in [-0.3, -0.25) is 4.79 Å². The predicted molar refractivity (Wildman–Crippen MR) is 63.9 cm³/mol. The highest BCUT2D eigenvalue weighted by Crippen LogP contribution is 2.33. The molecular formula is C11H21NO2S. The number of ether oxygens (including phenoxy) is 1. The fourth-order valence-electron chi connectivity index (χ4n) is 1.34. The molecule has 0 radical (unpaired) electrons. The SMILES string of the molecule is CCOC(=O)C(N)CCSCCC1CC1. The van der Waals surface area contributed by atoms with Crippen LogP contribution in [0.25, 0.3) is 0 Å². The van der Waals surface area contributed by atoms with Crippen LogP contribution in [-0.4, -0.2) is 30.1 Å². The van der Waals surface area contributed by atoms with Gasteiger partial charge in [0.25, 0.3) is 0 Å². The average Bonchev–Trinajstić information content (AvgIpc) is 3.01. The molecule has 1 atom stereocenters. The minimum Gasteiger partial charge on any atom is -0.465 e. The first-order valence-electron chi connectivity index (χ1n) is 5.74. The van der Waals surface area contributed by atoms with Gasteiger partial charge in [0, 0.05) is 0 Å².